The van der Waals surface area contributed by atoms with E-state index in [2.05, 4.69) is 4.74 Å². The molecular formula is C6H11FO5. The Balaban J connectivity index is 2.63. The summed E-state index contributed by atoms with van der Waals surface area (Å²) in [5, 5.41) is 35.4. The summed E-state index contributed by atoms with van der Waals surface area (Å²) in [6.45, 7) is -0.606. The van der Waals surface area contributed by atoms with Crippen LogP contribution in [0, 0.1) is 0 Å². The highest BCUT2D eigenvalue weighted by atomic mass is 19.1. The predicted octanol–water partition coefficient (Wildman–Crippen LogP) is -2.24. The van der Waals surface area contributed by atoms with Crippen LogP contribution in [0.15, 0.2) is 0 Å². The van der Waals surface area contributed by atoms with Crippen molar-refractivity contribution in [3.8, 4) is 0 Å². The zero-order chi connectivity index (χ0) is 9.30. The molecule has 1 fully saturated rings. The first-order valence-corrected chi connectivity index (χ1v) is 3.52. The lowest BCUT2D eigenvalue weighted by molar-refractivity contribution is -0.262. The molecule has 0 amide bonds. The highest BCUT2D eigenvalue weighted by Crippen LogP contribution is 2.21. The van der Waals surface area contributed by atoms with Gasteiger partial charge in [-0.1, -0.05) is 0 Å². The molecule has 0 saturated carbocycles. The third-order valence-electron chi connectivity index (χ3n) is 1.83. The largest absolute Gasteiger partial charge is 0.394 e. The minimum Gasteiger partial charge on any atom is -0.394 e. The van der Waals surface area contributed by atoms with Crippen molar-refractivity contribution in [1.29, 1.82) is 0 Å². The van der Waals surface area contributed by atoms with Gasteiger partial charge in [-0.2, -0.15) is 0 Å². The first kappa shape index (κ1) is 9.82. The van der Waals surface area contributed by atoms with E-state index < -0.39 is 37.4 Å². The Morgan fingerprint density at radius 1 is 1.08 bits per heavy atom. The van der Waals surface area contributed by atoms with Gasteiger partial charge in [-0.3, -0.25) is 0 Å². The summed E-state index contributed by atoms with van der Waals surface area (Å²) in [5.74, 6) is 0. The fourth-order valence-electron chi connectivity index (χ4n) is 1.06. The van der Waals surface area contributed by atoms with Crippen molar-refractivity contribution in [1.82, 2.24) is 0 Å². The van der Waals surface area contributed by atoms with E-state index in [0.29, 0.717) is 0 Å². The van der Waals surface area contributed by atoms with E-state index in [1.807, 2.05) is 0 Å². The second-order valence-electron chi connectivity index (χ2n) is 2.68. The molecule has 1 aliphatic heterocycles. The molecule has 0 bridgehead atoms. The first-order chi connectivity index (χ1) is 5.57. The Kier molecular flexibility index (Phi) is 2.97. The van der Waals surface area contributed by atoms with Crippen LogP contribution in [0.3, 0.4) is 0 Å². The van der Waals surface area contributed by atoms with Gasteiger partial charge in [0.05, 0.1) is 6.61 Å². The predicted molar refractivity (Wildman–Crippen MR) is 34.9 cm³/mol. The van der Waals surface area contributed by atoms with E-state index in [-0.39, 0.29) is 0 Å². The van der Waals surface area contributed by atoms with Gasteiger partial charge < -0.3 is 25.2 Å². The zero-order valence-corrected chi connectivity index (χ0v) is 6.17. The maximum absolute atomic E-state index is 12.6. The Labute approximate surface area is 68.0 Å². The lowest BCUT2D eigenvalue weighted by Gasteiger charge is -2.36. The second kappa shape index (κ2) is 3.63. The topological polar surface area (TPSA) is 90.2 Å². The molecule has 0 aromatic heterocycles. The smallest absolute Gasteiger partial charge is 0.228 e. The van der Waals surface area contributed by atoms with Crippen LogP contribution in [0.2, 0.25) is 0 Å². The van der Waals surface area contributed by atoms with E-state index in [9.17, 15) is 4.39 Å². The number of hydrogen-bond acceptors (Lipinski definition) is 5. The van der Waals surface area contributed by atoms with Crippen LogP contribution in [-0.4, -0.2) is 57.8 Å². The highest BCUT2D eigenvalue weighted by Gasteiger charge is 2.43. The number of rotatable bonds is 1. The fourth-order valence-corrected chi connectivity index (χ4v) is 1.06. The average molecular weight is 182 g/mol. The number of hydrogen-bond donors (Lipinski definition) is 4. The summed E-state index contributed by atoms with van der Waals surface area (Å²) in [7, 11) is 0. The van der Waals surface area contributed by atoms with Crippen LogP contribution < -0.4 is 0 Å². The summed E-state index contributed by atoms with van der Waals surface area (Å²) in [6.07, 6.45) is -8.09. The van der Waals surface area contributed by atoms with Crippen LogP contribution in [0.4, 0.5) is 4.39 Å². The van der Waals surface area contributed by atoms with Crippen molar-refractivity contribution in [3.63, 3.8) is 0 Å². The molecule has 4 N–H and O–H groups in total. The van der Waals surface area contributed by atoms with Gasteiger partial charge in [0.2, 0.25) is 6.36 Å². The van der Waals surface area contributed by atoms with E-state index in [1.165, 1.54) is 0 Å². The Bertz CT molecular complexity index is 150. The van der Waals surface area contributed by atoms with Crippen LogP contribution in [0.25, 0.3) is 0 Å². The molecule has 1 heterocycles. The van der Waals surface area contributed by atoms with Gasteiger partial charge in [-0.15, -0.1) is 0 Å². The molecule has 12 heavy (non-hydrogen) atoms. The Morgan fingerprint density at radius 3 is 2.17 bits per heavy atom. The summed E-state index contributed by atoms with van der Waals surface area (Å²) in [5.41, 5.74) is 0. The quantitative estimate of drug-likeness (QED) is 0.368. The van der Waals surface area contributed by atoms with Gasteiger partial charge in [0.1, 0.15) is 24.4 Å². The number of ether oxygens (including phenoxy) is 1. The summed E-state index contributed by atoms with van der Waals surface area (Å²) >= 11 is 0. The van der Waals surface area contributed by atoms with E-state index >= 15 is 0 Å². The molecular weight excluding hydrogens is 171 g/mol. The third kappa shape index (κ3) is 1.57. The molecule has 1 aliphatic rings. The van der Waals surface area contributed by atoms with Crippen molar-refractivity contribution in [2.24, 2.45) is 0 Å². The van der Waals surface area contributed by atoms with Crippen LogP contribution in [-0.2, 0) is 4.74 Å². The molecule has 72 valence electrons. The minimum absolute atomic E-state index is 0.606. The molecule has 0 spiro atoms. The first-order valence-electron chi connectivity index (χ1n) is 3.52. The summed E-state index contributed by atoms with van der Waals surface area (Å²) in [6, 6.07) is 0. The summed E-state index contributed by atoms with van der Waals surface area (Å²) < 4.78 is 16.9. The third-order valence-corrected chi connectivity index (χ3v) is 1.83. The molecule has 0 aromatic carbocycles. The SMILES string of the molecule is OCC1OC(F)C(O)[C@@H](O)C1O. The van der Waals surface area contributed by atoms with E-state index in [1.54, 1.807) is 0 Å². The normalized spacial score (nSPS) is 49.2. The van der Waals surface area contributed by atoms with E-state index in [0.717, 1.165) is 0 Å². The second-order valence-corrected chi connectivity index (χ2v) is 2.68. The molecule has 4 unspecified atom stereocenters. The number of halogens is 1. The minimum atomic E-state index is -2.07. The molecule has 5 atom stereocenters. The van der Waals surface area contributed by atoms with Gasteiger partial charge >= 0.3 is 0 Å². The number of aliphatic hydroxyl groups is 4. The summed E-state index contributed by atoms with van der Waals surface area (Å²) in [4.78, 5) is 0. The molecule has 0 radical (unpaired) electrons. The molecule has 1 saturated heterocycles. The van der Waals surface area contributed by atoms with Crippen LogP contribution in [0.1, 0.15) is 0 Å². The lowest BCUT2D eigenvalue weighted by Crippen LogP contribution is -2.57. The van der Waals surface area contributed by atoms with Gasteiger partial charge in [-0.05, 0) is 0 Å². The van der Waals surface area contributed by atoms with Crippen LogP contribution >= 0.6 is 0 Å². The maximum atomic E-state index is 12.6. The number of aliphatic hydroxyl groups excluding tert-OH is 4. The standard InChI is InChI=1S/C6H11FO5/c7-6-5(11)4(10)3(9)2(1-8)12-6/h2-6,8-11H,1H2/t2?,3?,4-,5?,6?/m0/s1. The average Bonchev–Trinajstić information content (AvgIpc) is 2.08. The monoisotopic (exact) mass is 182 g/mol. The van der Waals surface area contributed by atoms with Crippen molar-refractivity contribution in [2.75, 3.05) is 6.61 Å². The lowest BCUT2D eigenvalue weighted by atomic mass is 10.00. The number of alkyl halides is 1. The zero-order valence-electron chi connectivity index (χ0n) is 6.17. The maximum Gasteiger partial charge on any atom is 0.228 e. The Hall–Kier alpha value is -0.270. The van der Waals surface area contributed by atoms with Crippen molar-refractivity contribution >= 4 is 0 Å². The fraction of sp³-hybridized carbons (Fsp3) is 1.00. The van der Waals surface area contributed by atoms with Crippen molar-refractivity contribution in [3.05, 3.63) is 0 Å². The Morgan fingerprint density at radius 2 is 1.67 bits per heavy atom. The van der Waals surface area contributed by atoms with Gasteiger partial charge in [0, 0.05) is 0 Å². The molecule has 6 heteroatoms. The molecule has 5 nitrogen and oxygen atoms in total. The molecule has 0 aromatic rings. The molecule has 0 aliphatic carbocycles. The molecule has 1 rings (SSSR count). The van der Waals surface area contributed by atoms with Gasteiger partial charge in [-0.25, -0.2) is 4.39 Å². The van der Waals surface area contributed by atoms with Crippen LogP contribution in [0.5, 0.6) is 0 Å². The van der Waals surface area contributed by atoms with Gasteiger partial charge in [0.15, 0.2) is 0 Å². The van der Waals surface area contributed by atoms with Crippen molar-refractivity contribution < 1.29 is 29.6 Å². The highest BCUT2D eigenvalue weighted by molar-refractivity contribution is 4.88. The van der Waals surface area contributed by atoms with Gasteiger partial charge in [0.25, 0.3) is 0 Å². The van der Waals surface area contributed by atoms with Crippen molar-refractivity contribution in [2.45, 2.75) is 30.8 Å². The van der Waals surface area contributed by atoms with E-state index in [4.69, 9.17) is 20.4 Å².